The largest absolute Gasteiger partial charge is 0.331 e. The lowest BCUT2D eigenvalue weighted by molar-refractivity contribution is 0.203. The standard InChI is InChI=1S/C19H19FN2OS/c1-13(17-12-24-18-6-4-3-5-16(17)18)21-19(23)22(2)11-14-7-9-15(20)10-8-14/h3-10,12-13H,11H2,1-2H3,(H,21,23). The van der Waals surface area contributed by atoms with Gasteiger partial charge in [-0.15, -0.1) is 11.3 Å². The molecule has 3 aromatic rings. The van der Waals surface area contributed by atoms with Gasteiger partial charge in [-0.05, 0) is 47.0 Å². The normalized spacial score (nSPS) is 12.1. The molecule has 5 heteroatoms. The number of amides is 2. The Kier molecular flexibility index (Phi) is 4.81. The fourth-order valence-electron chi connectivity index (χ4n) is 2.64. The maximum Gasteiger partial charge on any atom is 0.317 e. The van der Waals surface area contributed by atoms with E-state index in [1.54, 1.807) is 35.4 Å². The average Bonchev–Trinajstić information content (AvgIpc) is 3.01. The van der Waals surface area contributed by atoms with Crippen molar-refractivity contribution in [3.05, 3.63) is 70.9 Å². The Labute approximate surface area is 144 Å². The van der Waals surface area contributed by atoms with Crippen molar-refractivity contribution in [2.75, 3.05) is 7.05 Å². The molecule has 0 aliphatic carbocycles. The Balaban J connectivity index is 1.66. The number of fused-ring (bicyclic) bond motifs is 1. The van der Waals surface area contributed by atoms with Gasteiger partial charge in [0.05, 0.1) is 6.04 Å². The minimum atomic E-state index is -0.274. The Bertz CT molecular complexity index is 844. The molecule has 0 aliphatic rings. The fraction of sp³-hybridized carbons (Fsp3) is 0.211. The van der Waals surface area contributed by atoms with Crippen LogP contribution in [0.2, 0.25) is 0 Å². The second-order valence-electron chi connectivity index (χ2n) is 5.84. The van der Waals surface area contributed by atoms with Gasteiger partial charge in [0.25, 0.3) is 0 Å². The monoisotopic (exact) mass is 342 g/mol. The summed E-state index contributed by atoms with van der Waals surface area (Å²) in [5, 5.41) is 6.30. The first-order chi connectivity index (χ1) is 11.5. The summed E-state index contributed by atoms with van der Waals surface area (Å²) < 4.78 is 14.2. The van der Waals surface area contributed by atoms with Crippen LogP contribution in [0.15, 0.2) is 53.9 Å². The van der Waals surface area contributed by atoms with Crippen molar-refractivity contribution in [2.24, 2.45) is 0 Å². The van der Waals surface area contributed by atoms with Crippen molar-refractivity contribution >= 4 is 27.5 Å². The van der Waals surface area contributed by atoms with E-state index in [0.717, 1.165) is 11.1 Å². The average molecular weight is 342 g/mol. The van der Waals surface area contributed by atoms with Gasteiger partial charge < -0.3 is 10.2 Å². The summed E-state index contributed by atoms with van der Waals surface area (Å²) in [7, 11) is 1.73. The molecule has 0 fully saturated rings. The molecule has 0 spiro atoms. The number of benzene rings is 2. The SMILES string of the molecule is CC(NC(=O)N(C)Cc1ccc(F)cc1)c1csc2ccccc12. The highest BCUT2D eigenvalue weighted by Gasteiger charge is 2.16. The maximum atomic E-state index is 12.9. The van der Waals surface area contributed by atoms with Crippen molar-refractivity contribution < 1.29 is 9.18 Å². The smallest absolute Gasteiger partial charge is 0.317 e. The first kappa shape index (κ1) is 16.5. The van der Waals surface area contributed by atoms with Crippen LogP contribution in [-0.4, -0.2) is 18.0 Å². The number of hydrogen-bond acceptors (Lipinski definition) is 2. The van der Waals surface area contributed by atoms with E-state index in [4.69, 9.17) is 0 Å². The molecule has 1 heterocycles. The molecule has 1 atom stereocenters. The van der Waals surface area contributed by atoms with Gasteiger partial charge >= 0.3 is 6.03 Å². The van der Waals surface area contributed by atoms with Crippen LogP contribution in [0.1, 0.15) is 24.1 Å². The van der Waals surface area contributed by atoms with Crippen LogP contribution < -0.4 is 5.32 Å². The van der Waals surface area contributed by atoms with E-state index >= 15 is 0 Å². The number of carbonyl (C=O) groups is 1. The minimum Gasteiger partial charge on any atom is -0.331 e. The number of nitrogens with one attached hydrogen (secondary N) is 1. The fourth-order valence-corrected chi connectivity index (χ4v) is 3.70. The van der Waals surface area contributed by atoms with Gasteiger partial charge in [-0.2, -0.15) is 0 Å². The zero-order chi connectivity index (χ0) is 17.1. The molecule has 2 amide bonds. The second-order valence-corrected chi connectivity index (χ2v) is 6.75. The summed E-state index contributed by atoms with van der Waals surface area (Å²) in [5.74, 6) is -0.274. The van der Waals surface area contributed by atoms with Crippen LogP contribution in [0.5, 0.6) is 0 Å². The highest BCUT2D eigenvalue weighted by molar-refractivity contribution is 7.17. The summed E-state index contributed by atoms with van der Waals surface area (Å²) >= 11 is 1.68. The van der Waals surface area contributed by atoms with Crippen LogP contribution in [0.3, 0.4) is 0 Å². The Morgan fingerprint density at radius 3 is 2.67 bits per heavy atom. The molecule has 3 nitrogen and oxygen atoms in total. The molecule has 1 N–H and O–H groups in total. The first-order valence-electron chi connectivity index (χ1n) is 7.77. The van der Waals surface area contributed by atoms with Gasteiger partial charge in [-0.1, -0.05) is 30.3 Å². The minimum absolute atomic E-state index is 0.0793. The van der Waals surface area contributed by atoms with Crippen LogP contribution in [0.4, 0.5) is 9.18 Å². The maximum absolute atomic E-state index is 12.9. The molecule has 1 aromatic heterocycles. The van der Waals surface area contributed by atoms with Crippen molar-refractivity contribution in [2.45, 2.75) is 19.5 Å². The molecule has 0 saturated heterocycles. The lowest BCUT2D eigenvalue weighted by atomic mass is 10.1. The summed E-state index contributed by atoms with van der Waals surface area (Å²) in [6.45, 7) is 2.42. The van der Waals surface area contributed by atoms with Crippen LogP contribution in [0.25, 0.3) is 10.1 Å². The Morgan fingerprint density at radius 2 is 1.92 bits per heavy atom. The van der Waals surface area contributed by atoms with Gasteiger partial charge in [0, 0.05) is 18.3 Å². The van der Waals surface area contributed by atoms with E-state index in [0.29, 0.717) is 6.54 Å². The molecular weight excluding hydrogens is 323 g/mol. The zero-order valence-corrected chi connectivity index (χ0v) is 14.4. The van der Waals surface area contributed by atoms with Crippen molar-refractivity contribution in [1.29, 1.82) is 0 Å². The van der Waals surface area contributed by atoms with Crippen molar-refractivity contribution in [3.8, 4) is 0 Å². The molecule has 0 bridgehead atoms. The lowest BCUT2D eigenvalue weighted by Gasteiger charge is -2.21. The highest BCUT2D eigenvalue weighted by Crippen LogP contribution is 2.30. The third-order valence-corrected chi connectivity index (χ3v) is 4.98. The van der Waals surface area contributed by atoms with Gasteiger partial charge in [0.1, 0.15) is 5.82 Å². The van der Waals surface area contributed by atoms with Crippen LogP contribution >= 0.6 is 11.3 Å². The zero-order valence-electron chi connectivity index (χ0n) is 13.6. The number of thiophene rings is 1. The highest BCUT2D eigenvalue weighted by atomic mass is 32.1. The van der Waals surface area contributed by atoms with Crippen molar-refractivity contribution in [3.63, 3.8) is 0 Å². The number of rotatable bonds is 4. The summed E-state index contributed by atoms with van der Waals surface area (Å²) in [6, 6.07) is 14.1. The second kappa shape index (κ2) is 7.01. The third-order valence-electron chi connectivity index (χ3n) is 4.00. The molecule has 0 aliphatic heterocycles. The van der Waals surface area contributed by atoms with Crippen LogP contribution in [-0.2, 0) is 6.54 Å². The summed E-state index contributed by atoms with van der Waals surface area (Å²) in [5.41, 5.74) is 2.02. The first-order valence-corrected chi connectivity index (χ1v) is 8.65. The van der Waals surface area contributed by atoms with E-state index in [9.17, 15) is 9.18 Å². The molecule has 0 radical (unpaired) electrons. The van der Waals surface area contributed by atoms with Gasteiger partial charge in [0.15, 0.2) is 0 Å². The summed E-state index contributed by atoms with van der Waals surface area (Å²) in [4.78, 5) is 14.0. The summed E-state index contributed by atoms with van der Waals surface area (Å²) in [6.07, 6.45) is 0. The number of carbonyl (C=O) groups excluding carboxylic acids is 1. The van der Waals surface area contributed by atoms with Gasteiger partial charge in [0.2, 0.25) is 0 Å². The lowest BCUT2D eigenvalue weighted by Crippen LogP contribution is -2.38. The Morgan fingerprint density at radius 1 is 1.21 bits per heavy atom. The predicted molar refractivity (Wildman–Crippen MR) is 96.6 cm³/mol. The molecule has 1 unspecified atom stereocenters. The quantitative estimate of drug-likeness (QED) is 0.715. The molecule has 3 rings (SSSR count). The van der Waals surface area contributed by atoms with Crippen LogP contribution in [0, 0.1) is 5.82 Å². The predicted octanol–water partition coefficient (Wildman–Crippen LogP) is 4.94. The van der Waals surface area contributed by atoms with Gasteiger partial charge in [-0.25, -0.2) is 9.18 Å². The van der Waals surface area contributed by atoms with E-state index in [2.05, 4.69) is 22.8 Å². The number of hydrogen-bond donors (Lipinski definition) is 1. The topological polar surface area (TPSA) is 32.3 Å². The Hall–Kier alpha value is -2.40. The van der Waals surface area contributed by atoms with E-state index in [1.165, 1.54) is 22.2 Å². The number of urea groups is 1. The molecule has 0 saturated carbocycles. The molecule has 2 aromatic carbocycles. The van der Waals surface area contributed by atoms with E-state index in [1.807, 2.05) is 19.1 Å². The van der Waals surface area contributed by atoms with Crippen molar-refractivity contribution in [1.82, 2.24) is 10.2 Å². The van der Waals surface area contributed by atoms with E-state index < -0.39 is 0 Å². The number of halogens is 1. The van der Waals surface area contributed by atoms with E-state index in [-0.39, 0.29) is 17.9 Å². The molecule has 124 valence electrons. The number of nitrogens with zero attached hydrogens (tertiary/aromatic N) is 1. The molecular formula is C19H19FN2OS. The third kappa shape index (κ3) is 3.57. The van der Waals surface area contributed by atoms with Gasteiger partial charge in [-0.3, -0.25) is 0 Å². The molecule has 24 heavy (non-hydrogen) atoms.